The molecule has 150 valence electrons. The van der Waals surface area contributed by atoms with E-state index in [2.05, 4.69) is 31.2 Å². The smallest absolute Gasteiger partial charge is 0.283 e. The summed E-state index contributed by atoms with van der Waals surface area (Å²) in [6.45, 7) is 3.31. The summed E-state index contributed by atoms with van der Waals surface area (Å²) in [7, 11) is 3.32. The van der Waals surface area contributed by atoms with Crippen molar-refractivity contribution in [2.75, 3.05) is 27.4 Å². The number of nitrogens with zero attached hydrogens (tertiary/aromatic N) is 2. The van der Waals surface area contributed by atoms with E-state index in [0.29, 0.717) is 24.5 Å². The van der Waals surface area contributed by atoms with Gasteiger partial charge in [-0.25, -0.2) is 4.99 Å². The van der Waals surface area contributed by atoms with Crippen LogP contribution in [0.1, 0.15) is 30.0 Å². The average Bonchev–Trinajstić information content (AvgIpc) is 3.25. The summed E-state index contributed by atoms with van der Waals surface area (Å²) in [4.78, 5) is 4.81. The fourth-order valence-electron chi connectivity index (χ4n) is 4.64. The van der Waals surface area contributed by atoms with Crippen molar-refractivity contribution in [3.05, 3.63) is 53.1 Å². The number of aliphatic imine (C=N–C) groups is 1. The molecule has 2 unspecified atom stereocenters. The molecule has 1 aliphatic carbocycles. The number of benzene rings is 2. The molecule has 0 fully saturated rings. The van der Waals surface area contributed by atoms with E-state index in [1.165, 1.54) is 5.56 Å². The van der Waals surface area contributed by atoms with Crippen LogP contribution in [0.15, 0.2) is 41.4 Å². The van der Waals surface area contributed by atoms with Gasteiger partial charge in [-0.1, -0.05) is 19.1 Å². The molecule has 4 rings (SSSR count). The molecule has 1 aliphatic heterocycles. The Kier molecular flexibility index (Phi) is 4.71. The van der Waals surface area contributed by atoms with Crippen LogP contribution >= 0.6 is 0 Å². The van der Waals surface area contributed by atoms with Gasteiger partial charge in [0.2, 0.25) is 0 Å². The molecule has 2 aliphatic rings. The second-order valence-electron chi connectivity index (χ2n) is 8.01. The van der Waals surface area contributed by atoms with E-state index in [-0.39, 0.29) is 11.4 Å². The lowest BCUT2D eigenvalue weighted by Gasteiger charge is -2.37. The third-order valence-corrected chi connectivity index (χ3v) is 6.33. The first kappa shape index (κ1) is 19.3. The Morgan fingerprint density at radius 1 is 1.21 bits per heavy atom. The number of nitrogens with two attached hydrogens (primary N) is 1. The van der Waals surface area contributed by atoms with Gasteiger partial charge in [0.1, 0.15) is 17.9 Å². The Morgan fingerprint density at radius 3 is 2.69 bits per heavy atom. The molecule has 2 aromatic carbocycles. The van der Waals surface area contributed by atoms with Gasteiger partial charge in [-0.2, -0.15) is 5.26 Å². The van der Waals surface area contributed by atoms with E-state index in [9.17, 15) is 5.26 Å². The van der Waals surface area contributed by atoms with Crippen molar-refractivity contribution in [2.24, 2.45) is 16.1 Å². The van der Waals surface area contributed by atoms with Crippen molar-refractivity contribution in [3.8, 4) is 22.9 Å². The number of rotatable bonds is 5. The Bertz CT molecular complexity index is 1030. The Labute approximate surface area is 170 Å². The van der Waals surface area contributed by atoms with E-state index in [4.69, 9.17) is 24.9 Å². The minimum atomic E-state index is -0.530. The van der Waals surface area contributed by atoms with Gasteiger partial charge >= 0.3 is 0 Å². The second-order valence-corrected chi connectivity index (χ2v) is 8.01. The molecule has 2 aromatic rings. The standard InChI is InChI=1S/C23H25N3O3/c1-22(6-7-27-2)12-17-5-4-16(11-20(17)23(22)14-29-21(25)26-23)18-8-15(13-24)9-19(10-18)28-3/h4-5,8-11H,6-7,12,14H2,1-3H3,(H2,25,26). The molecule has 1 spiro atoms. The maximum absolute atomic E-state index is 9.37. The quantitative estimate of drug-likeness (QED) is 0.844. The maximum Gasteiger partial charge on any atom is 0.283 e. The lowest BCUT2D eigenvalue weighted by molar-refractivity contribution is 0.0733. The van der Waals surface area contributed by atoms with Crippen molar-refractivity contribution in [3.63, 3.8) is 0 Å². The first-order valence-electron chi connectivity index (χ1n) is 9.65. The predicted octanol–water partition coefficient (Wildman–Crippen LogP) is 3.37. The van der Waals surface area contributed by atoms with Crippen molar-refractivity contribution in [1.82, 2.24) is 0 Å². The van der Waals surface area contributed by atoms with Gasteiger partial charge in [-0.3, -0.25) is 0 Å². The van der Waals surface area contributed by atoms with E-state index in [1.54, 1.807) is 20.3 Å². The fraction of sp³-hybridized carbons (Fsp3) is 0.391. The van der Waals surface area contributed by atoms with Gasteiger partial charge in [0.15, 0.2) is 0 Å². The molecule has 0 bridgehead atoms. The molecular weight excluding hydrogens is 366 g/mol. The monoisotopic (exact) mass is 391 g/mol. The van der Waals surface area contributed by atoms with Crippen LogP contribution in [0.5, 0.6) is 5.75 Å². The molecule has 6 heteroatoms. The molecule has 0 radical (unpaired) electrons. The first-order valence-corrected chi connectivity index (χ1v) is 9.65. The third-order valence-electron chi connectivity index (χ3n) is 6.33. The largest absolute Gasteiger partial charge is 0.497 e. The highest BCUT2D eigenvalue weighted by Gasteiger charge is 2.58. The van der Waals surface area contributed by atoms with Crippen molar-refractivity contribution in [2.45, 2.75) is 25.3 Å². The number of hydrogen-bond donors (Lipinski definition) is 1. The van der Waals surface area contributed by atoms with Crippen LogP contribution in [-0.4, -0.2) is 33.5 Å². The molecule has 0 amide bonds. The van der Waals surface area contributed by atoms with Crippen LogP contribution in [-0.2, 0) is 21.4 Å². The van der Waals surface area contributed by atoms with Crippen LogP contribution in [0, 0.1) is 16.7 Å². The van der Waals surface area contributed by atoms with Gasteiger partial charge in [0.25, 0.3) is 6.02 Å². The minimum absolute atomic E-state index is 0.155. The van der Waals surface area contributed by atoms with E-state index >= 15 is 0 Å². The molecule has 2 N–H and O–H groups in total. The number of ether oxygens (including phenoxy) is 3. The first-order chi connectivity index (χ1) is 13.9. The van der Waals surface area contributed by atoms with Crippen LogP contribution in [0.3, 0.4) is 0 Å². The third kappa shape index (κ3) is 3.02. The highest BCUT2D eigenvalue weighted by Crippen LogP contribution is 2.57. The highest BCUT2D eigenvalue weighted by atomic mass is 16.5. The summed E-state index contributed by atoms with van der Waals surface area (Å²) in [5.74, 6) is 0.658. The predicted molar refractivity (Wildman–Crippen MR) is 111 cm³/mol. The van der Waals surface area contributed by atoms with Crippen LogP contribution in [0.4, 0.5) is 0 Å². The van der Waals surface area contributed by atoms with Crippen molar-refractivity contribution >= 4 is 6.02 Å². The Morgan fingerprint density at radius 2 is 2.03 bits per heavy atom. The van der Waals surface area contributed by atoms with E-state index < -0.39 is 5.54 Å². The lowest BCUT2D eigenvalue weighted by atomic mass is 9.70. The molecule has 0 saturated carbocycles. The number of methoxy groups -OCH3 is 2. The highest BCUT2D eigenvalue weighted by molar-refractivity contribution is 5.76. The Hall–Kier alpha value is -3.04. The summed E-state index contributed by atoms with van der Waals surface area (Å²) < 4.78 is 16.4. The van der Waals surface area contributed by atoms with Gasteiger partial charge in [-0.15, -0.1) is 0 Å². The van der Waals surface area contributed by atoms with Crippen molar-refractivity contribution in [1.29, 1.82) is 5.26 Å². The Balaban J connectivity index is 1.84. The maximum atomic E-state index is 9.37. The number of nitriles is 1. The zero-order chi connectivity index (χ0) is 20.6. The van der Waals surface area contributed by atoms with E-state index in [1.807, 2.05) is 12.1 Å². The van der Waals surface area contributed by atoms with Crippen LogP contribution in [0.25, 0.3) is 11.1 Å². The van der Waals surface area contributed by atoms with Gasteiger partial charge in [0, 0.05) is 19.1 Å². The van der Waals surface area contributed by atoms with Gasteiger partial charge in [-0.05, 0) is 59.4 Å². The van der Waals surface area contributed by atoms with Crippen molar-refractivity contribution < 1.29 is 14.2 Å². The van der Waals surface area contributed by atoms with Gasteiger partial charge in [0.05, 0.1) is 18.7 Å². The molecule has 2 atom stereocenters. The molecule has 6 nitrogen and oxygen atoms in total. The summed E-state index contributed by atoms with van der Waals surface area (Å²) in [5, 5.41) is 9.37. The molecule has 0 saturated heterocycles. The van der Waals surface area contributed by atoms with Crippen LogP contribution < -0.4 is 10.5 Å². The molecular formula is C23H25N3O3. The zero-order valence-corrected chi connectivity index (χ0v) is 17.0. The lowest BCUT2D eigenvalue weighted by Crippen LogP contribution is -2.41. The topological polar surface area (TPSA) is 89.9 Å². The molecule has 29 heavy (non-hydrogen) atoms. The number of hydrogen-bond acceptors (Lipinski definition) is 6. The zero-order valence-electron chi connectivity index (χ0n) is 17.0. The summed E-state index contributed by atoms with van der Waals surface area (Å²) in [6, 6.07) is 14.4. The fourth-order valence-corrected chi connectivity index (χ4v) is 4.64. The normalized spacial score (nSPS) is 24.7. The summed E-state index contributed by atoms with van der Waals surface area (Å²) in [5.41, 5.74) is 10.2. The summed E-state index contributed by atoms with van der Waals surface area (Å²) >= 11 is 0. The summed E-state index contributed by atoms with van der Waals surface area (Å²) in [6.07, 6.45) is 1.74. The molecule has 1 heterocycles. The number of fused-ring (bicyclic) bond motifs is 2. The molecule has 0 aromatic heterocycles. The average molecular weight is 391 g/mol. The second kappa shape index (κ2) is 7.09. The van der Waals surface area contributed by atoms with Gasteiger partial charge < -0.3 is 19.9 Å². The SMILES string of the molecule is COCCC1(C)Cc2ccc(-c3cc(C#N)cc(OC)c3)cc2C12COC(N)=N2. The van der Waals surface area contributed by atoms with E-state index in [0.717, 1.165) is 29.5 Å². The number of amidine groups is 1. The van der Waals surface area contributed by atoms with Crippen LogP contribution in [0.2, 0.25) is 0 Å². The minimum Gasteiger partial charge on any atom is -0.497 e.